The van der Waals surface area contributed by atoms with Crippen LogP contribution in [0.1, 0.15) is 17.5 Å². The fraction of sp³-hybridized carbons (Fsp3) is 0.364. The van der Waals surface area contributed by atoms with Crippen LogP contribution in [-0.2, 0) is 4.79 Å². The number of aryl methyl sites for hydroxylation is 2. The Kier molecular flexibility index (Phi) is 3.65. The van der Waals surface area contributed by atoms with Gasteiger partial charge in [0.2, 0.25) is 5.91 Å². The number of nitrogen functional groups attached to an aromatic ring is 1. The Balaban J connectivity index is 2.86. The summed E-state index contributed by atoms with van der Waals surface area (Å²) < 4.78 is 36.0. The molecule has 3 N–H and O–H groups in total. The van der Waals surface area contributed by atoms with E-state index in [0.29, 0.717) is 22.5 Å². The number of carbonyl (C=O) groups is 1. The number of alkyl halides is 3. The van der Waals surface area contributed by atoms with Crippen molar-refractivity contribution >= 4 is 17.3 Å². The second-order valence-corrected chi connectivity index (χ2v) is 3.87. The van der Waals surface area contributed by atoms with E-state index in [-0.39, 0.29) is 0 Å². The summed E-state index contributed by atoms with van der Waals surface area (Å²) in [5, 5.41) is 2.25. The average molecular weight is 246 g/mol. The highest BCUT2D eigenvalue weighted by Gasteiger charge is 2.31. The monoisotopic (exact) mass is 246 g/mol. The molecule has 3 nitrogen and oxygen atoms in total. The summed E-state index contributed by atoms with van der Waals surface area (Å²) in [6, 6.07) is 3.19. The summed E-state index contributed by atoms with van der Waals surface area (Å²) in [4.78, 5) is 11.2. The molecule has 1 aromatic carbocycles. The van der Waals surface area contributed by atoms with Gasteiger partial charge in [0, 0.05) is 11.4 Å². The van der Waals surface area contributed by atoms with E-state index in [2.05, 4.69) is 5.32 Å². The van der Waals surface area contributed by atoms with Gasteiger partial charge >= 0.3 is 6.18 Å². The largest absolute Gasteiger partial charge is 0.399 e. The van der Waals surface area contributed by atoms with E-state index in [1.807, 2.05) is 0 Å². The van der Waals surface area contributed by atoms with Crippen molar-refractivity contribution in [2.24, 2.45) is 0 Å². The molecule has 0 spiro atoms. The second-order valence-electron chi connectivity index (χ2n) is 3.87. The van der Waals surface area contributed by atoms with E-state index < -0.39 is 18.5 Å². The topological polar surface area (TPSA) is 55.1 Å². The predicted molar refractivity (Wildman–Crippen MR) is 59.6 cm³/mol. The zero-order chi connectivity index (χ0) is 13.2. The molecule has 0 saturated carbocycles. The molecule has 0 aliphatic carbocycles. The predicted octanol–water partition coefficient (Wildman–Crippen LogP) is 2.78. The third kappa shape index (κ3) is 3.97. The molecule has 17 heavy (non-hydrogen) atoms. The molecule has 0 unspecified atom stereocenters. The van der Waals surface area contributed by atoms with Crippen LogP contribution in [0, 0.1) is 13.8 Å². The van der Waals surface area contributed by atoms with Crippen molar-refractivity contribution in [3.8, 4) is 0 Å². The van der Waals surface area contributed by atoms with Gasteiger partial charge in [-0.1, -0.05) is 0 Å². The average Bonchev–Trinajstić information content (AvgIpc) is 2.08. The molecule has 0 bridgehead atoms. The Morgan fingerprint density at radius 1 is 1.29 bits per heavy atom. The third-order valence-electron chi connectivity index (χ3n) is 2.18. The maximum absolute atomic E-state index is 12.0. The van der Waals surface area contributed by atoms with Crippen molar-refractivity contribution in [2.75, 3.05) is 11.1 Å². The van der Waals surface area contributed by atoms with E-state index in [1.165, 1.54) is 0 Å². The Morgan fingerprint density at radius 2 is 1.76 bits per heavy atom. The van der Waals surface area contributed by atoms with Crippen molar-refractivity contribution in [3.63, 3.8) is 0 Å². The first-order valence-electron chi connectivity index (χ1n) is 4.92. The first-order chi connectivity index (χ1) is 7.69. The van der Waals surface area contributed by atoms with Crippen LogP contribution in [0.2, 0.25) is 0 Å². The quantitative estimate of drug-likeness (QED) is 0.788. The minimum atomic E-state index is -4.50. The number of nitrogens with one attached hydrogen (secondary N) is 1. The van der Waals surface area contributed by atoms with E-state index in [1.54, 1.807) is 26.0 Å². The number of amides is 1. The van der Waals surface area contributed by atoms with Crippen molar-refractivity contribution in [1.82, 2.24) is 0 Å². The van der Waals surface area contributed by atoms with E-state index >= 15 is 0 Å². The molecule has 0 aliphatic heterocycles. The Morgan fingerprint density at radius 3 is 2.18 bits per heavy atom. The molecule has 6 heteroatoms. The summed E-state index contributed by atoms with van der Waals surface area (Å²) in [6.07, 6.45) is -5.99. The third-order valence-corrected chi connectivity index (χ3v) is 2.18. The molecule has 94 valence electrons. The maximum Gasteiger partial charge on any atom is 0.397 e. The number of anilines is 2. The van der Waals surface area contributed by atoms with Crippen LogP contribution >= 0.6 is 0 Å². The van der Waals surface area contributed by atoms with Crippen molar-refractivity contribution in [2.45, 2.75) is 26.4 Å². The zero-order valence-electron chi connectivity index (χ0n) is 9.48. The van der Waals surface area contributed by atoms with Gasteiger partial charge in [-0.15, -0.1) is 0 Å². The van der Waals surface area contributed by atoms with Gasteiger partial charge < -0.3 is 11.1 Å². The Bertz CT molecular complexity index is 418. The highest BCUT2D eigenvalue weighted by molar-refractivity contribution is 5.93. The molecule has 0 atom stereocenters. The van der Waals surface area contributed by atoms with Gasteiger partial charge in [0.15, 0.2) is 0 Å². The van der Waals surface area contributed by atoms with Gasteiger partial charge in [-0.2, -0.15) is 13.2 Å². The molecule has 1 amide bonds. The summed E-state index contributed by atoms with van der Waals surface area (Å²) in [5.41, 5.74) is 7.73. The fourth-order valence-electron chi connectivity index (χ4n) is 1.56. The molecular weight excluding hydrogens is 233 g/mol. The molecular formula is C11H13F3N2O. The van der Waals surface area contributed by atoms with Crippen LogP contribution in [0.25, 0.3) is 0 Å². The van der Waals surface area contributed by atoms with Gasteiger partial charge in [0.05, 0.1) is 0 Å². The maximum atomic E-state index is 12.0. The lowest BCUT2D eigenvalue weighted by Gasteiger charge is -2.13. The molecule has 0 heterocycles. The van der Waals surface area contributed by atoms with Gasteiger partial charge in [-0.05, 0) is 37.1 Å². The molecule has 0 aromatic heterocycles. The number of benzene rings is 1. The molecule has 1 rings (SSSR count). The van der Waals surface area contributed by atoms with Crippen molar-refractivity contribution < 1.29 is 18.0 Å². The van der Waals surface area contributed by atoms with Crippen LogP contribution in [0.3, 0.4) is 0 Å². The first kappa shape index (κ1) is 13.3. The lowest BCUT2D eigenvalue weighted by molar-refractivity contribution is -0.150. The minimum absolute atomic E-state index is 0.383. The number of halogens is 3. The standard InChI is InChI=1S/C11H13F3N2O/c1-6-3-8(15)4-7(2)10(6)16-9(17)5-11(12,13)14/h3-4H,5,15H2,1-2H3,(H,16,17). The van der Waals surface area contributed by atoms with Gasteiger partial charge in [-0.3, -0.25) is 4.79 Å². The van der Waals surface area contributed by atoms with Crippen LogP contribution in [0.4, 0.5) is 24.5 Å². The number of nitrogens with two attached hydrogens (primary N) is 1. The summed E-state index contributed by atoms with van der Waals surface area (Å²) >= 11 is 0. The van der Waals surface area contributed by atoms with Gasteiger partial charge in [-0.25, -0.2) is 0 Å². The fourth-order valence-corrected chi connectivity index (χ4v) is 1.56. The number of carbonyl (C=O) groups excluding carboxylic acids is 1. The van der Waals surface area contributed by atoms with Crippen molar-refractivity contribution in [3.05, 3.63) is 23.3 Å². The molecule has 0 aliphatic rings. The van der Waals surface area contributed by atoms with E-state index in [9.17, 15) is 18.0 Å². The molecule has 1 aromatic rings. The van der Waals surface area contributed by atoms with Crippen LogP contribution in [-0.4, -0.2) is 12.1 Å². The number of hydrogen-bond acceptors (Lipinski definition) is 2. The lowest BCUT2D eigenvalue weighted by Crippen LogP contribution is -2.22. The second kappa shape index (κ2) is 4.65. The zero-order valence-corrected chi connectivity index (χ0v) is 9.48. The highest BCUT2D eigenvalue weighted by Crippen LogP contribution is 2.25. The Labute approximate surface area is 96.8 Å². The smallest absolute Gasteiger partial charge is 0.397 e. The Hall–Kier alpha value is -1.72. The normalized spacial score (nSPS) is 11.4. The van der Waals surface area contributed by atoms with E-state index in [0.717, 1.165) is 0 Å². The van der Waals surface area contributed by atoms with Crippen LogP contribution < -0.4 is 11.1 Å². The van der Waals surface area contributed by atoms with Crippen LogP contribution in [0.5, 0.6) is 0 Å². The van der Waals surface area contributed by atoms with E-state index in [4.69, 9.17) is 5.73 Å². The summed E-state index contributed by atoms with van der Waals surface area (Å²) in [7, 11) is 0. The number of hydrogen-bond donors (Lipinski definition) is 2. The molecule has 0 fully saturated rings. The lowest BCUT2D eigenvalue weighted by atomic mass is 10.1. The molecule has 0 radical (unpaired) electrons. The van der Waals surface area contributed by atoms with Crippen molar-refractivity contribution in [1.29, 1.82) is 0 Å². The highest BCUT2D eigenvalue weighted by atomic mass is 19.4. The first-order valence-corrected chi connectivity index (χ1v) is 4.92. The SMILES string of the molecule is Cc1cc(N)cc(C)c1NC(=O)CC(F)(F)F. The summed E-state index contributed by atoms with van der Waals surface area (Å²) in [5.74, 6) is -1.08. The van der Waals surface area contributed by atoms with Gasteiger partial charge in [0.1, 0.15) is 6.42 Å². The number of rotatable bonds is 2. The van der Waals surface area contributed by atoms with Gasteiger partial charge in [0.25, 0.3) is 0 Å². The van der Waals surface area contributed by atoms with Crippen LogP contribution in [0.15, 0.2) is 12.1 Å². The minimum Gasteiger partial charge on any atom is -0.399 e. The summed E-state index contributed by atoms with van der Waals surface area (Å²) in [6.45, 7) is 3.35. The molecule has 0 saturated heterocycles.